The van der Waals surface area contributed by atoms with Crippen LogP contribution in [0.15, 0.2) is 47.1 Å². The number of benzene rings is 1. The Morgan fingerprint density at radius 1 is 1.08 bits per heavy atom. The predicted octanol–water partition coefficient (Wildman–Crippen LogP) is 2.41. The predicted molar refractivity (Wildman–Crippen MR) is 52.0 cm³/mol. The van der Waals surface area contributed by atoms with E-state index in [0.29, 0.717) is 6.54 Å². The lowest BCUT2D eigenvalue weighted by Gasteiger charge is -1.98. The standard InChI is InChI=1S/C11H11NO/c12-8-11-10(6-7-13-11)9-4-2-1-3-5-9/h1-7H,8,12H2. The SMILES string of the molecule is NCc1occc1-c1ccccc1. The zero-order valence-corrected chi connectivity index (χ0v) is 7.23. The van der Waals surface area contributed by atoms with Crippen LogP contribution in [0.2, 0.25) is 0 Å². The molecule has 0 amide bonds. The first-order valence-corrected chi connectivity index (χ1v) is 4.23. The first-order chi connectivity index (χ1) is 6.42. The van der Waals surface area contributed by atoms with E-state index < -0.39 is 0 Å². The van der Waals surface area contributed by atoms with Crippen molar-refractivity contribution >= 4 is 0 Å². The van der Waals surface area contributed by atoms with Gasteiger partial charge in [-0.2, -0.15) is 0 Å². The van der Waals surface area contributed by atoms with Crippen LogP contribution in [0.3, 0.4) is 0 Å². The zero-order valence-electron chi connectivity index (χ0n) is 7.23. The molecule has 13 heavy (non-hydrogen) atoms. The molecule has 0 fully saturated rings. The first kappa shape index (κ1) is 8.08. The maximum Gasteiger partial charge on any atom is 0.125 e. The molecule has 0 bridgehead atoms. The van der Waals surface area contributed by atoms with Gasteiger partial charge in [0, 0.05) is 5.56 Å². The monoisotopic (exact) mass is 173 g/mol. The van der Waals surface area contributed by atoms with E-state index in [1.165, 1.54) is 0 Å². The van der Waals surface area contributed by atoms with Crippen LogP contribution < -0.4 is 5.73 Å². The Kier molecular flexibility index (Phi) is 2.15. The van der Waals surface area contributed by atoms with Gasteiger partial charge in [0.1, 0.15) is 5.76 Å². The van der Waals surface area contributed by atoms with E-state index in [1.807, 2.05) is 36.4 Å². The van der Waals surface area contributed by atoms with Gasteiger partial charge in [-0.3, -0.25) is 0 Å². The highest BCUT2D eigenvalue weighted by atomic mass is 16.3. The molecule has 2 aromatic rings. The van der Waals surface area contributed by atoms with Gasteiger partial charge in [-0.05, 0) is 11.6 Å². The molecular formula is C11H11NO. The summed E-state index contributed by atoms with van der Waals surface area (Å²) in [5, 5.41) is 0. The molecule has 0 radical (unpaired) electrons. The van der Waals surface area contributed by atoms with Gasteiger partial charge in [0.25, 0.3) is 0 Å². The molecule has 2 nitrogen and oxygen atoms in total. The van der Waals surface area contributed by atoms with E-state index in [4.69, 9.17) is 10.2 Å². The van der Waals surface area contributed by atoms with Crippen LogP contribution in [-0.4, -0.2) is 0 Å². The van der Waals surface area contributed by atoms with Gasteiger partial charge < -0.3 is 10.2 Å². The summed E-state index contributed by atoms with van der Waals surface area (Å²) in [5.74, 6) is 0.839. The van der Waals surface area contributed by atoms with E-state index >= 15 is 0 Å². The molecule has 0 saturated heterocycles. The molecule has 2 N–H and O–H groups in total. The summed E-state index contributed by atoms with van der Waals surface area (Å²) in [6, 6.07) is 12.0. The molecule has 0 aliphatic heterocycles. The van der Waals surface area contributed by atoms with Crippen molar-refractivity contribution in [2.45, 2.75) is 6.54 Å². The van der Waals surface area contributed by atoms with E-state index in [0.717, 1.165) is 16.9 Å². The highest BCUT2D eigenvalue weighted by Crippen LogP contribution is 2.23. The average Bonchev–Trinajstić information content (AvgIpc) is 2.67. The lowest BCUT2D eigenvalue weighted by atomic mass is 10.1. The van der Waals surface area contributed by atoms with Crippen LogP contribution in [0, 0.1) is 0 Å². The quantitative estimate of drug-likeness (QED) is 0.757. The summed E-state index contributed by atoms with van der Waals surface area (Å²) >= 11 is 0. The number of nitrogens with two attached hydrogens (primary N) is 1. The van der Waals surface area contributed by atoms with E-state index in [2.05, 4.69) is 0 Å². The van der Waals surface area contributed by atoms with E-state index in [1.54, 1.807) is 6.26 Å². The zero-order chi connectivity index (χ0) is 9.10. The van der Waals surface area contributed by atoms with Crippen LogP contribution in [0.5, 0.6) is 0 Å². The Bertz CT molecular complexity index is 378. The van der Waals surface area contributed by atoms with Gasteiger partial charge >= 0.3 is 0 Å². The second kappa shape index (κ2) is 3.46. The average molecular weight is 173 g/mol. The molecule has 0 atom stereocenters. The molecule has 0 saturated carbocycles. The normalized spacial score (nSPS) is 10.2. The summed E-state index contributed by atoms with van der Waals surface area (Å²) in [4.78, 5) is 0. The minimum Gasteiger partial charge on any atom is -0.467 e. The van der Waals surface area contributed by atoms with Crippen molar-refractivity contribution in [1.29, 1.82) is 0 Å². The Morgan fingerprint density at radius 3 is 2.54 bits per heavy atom. The van der Waals surface area contributed by atoms with E-state index in [-0.39, 0.29) is 0 Å². The van der Waals surface area contributed by atoms with Crippen molar-refractivity contribution in [1.82, 2.24) is 0 Å². The molecule has 1 aromatic heterocycles. The third-order valence-corrected chi connectivity index (χ3v) is 2.02. The van der Waals surface area contributed by atoms with Gasteiger partial charge in [0.15, 0.2) is 0 Å². The molecule has 0 aliphatic rings. The second-order valence-electron chi connectivity index (χ2n) is 2.83. The van der Waals surface area contributed by atoms with Crippen LogP contribution in [-0.2, 0) is 6.54 Å². The van der Waals surface area contributed by atoms with Crippen molar-refractivity contribution in [3.63, 3.8) is 0 Å². The fourth-order valence-corrected chi connectivity index (χ4v) is 1.37. The largest absolute Gasteiger partial charge is 0.467 e. The van der Waals surface area contributed by atoms with Crippen molar-refractivity contribution in [3.05, 3.63) is 48.4 Å². The summed E-state index contributed by atoms with van der Waals surface area (Å²) < 4.78 is 5.24. The molecule has 66 valence electrons. The van der Waals surface area contributed by atoms with Crippen molar-refractivity contribution in [2.75, 3.05) is 0 Å². The number of rotatable bonds is 2. The van der Waals surface area contributed by atoms with Gasteiger partial charge in [-0.25, -0.2) is 0 Å². The highest BCUT2D eigenvalue weighted by molar-refractivity contribution is 5.65. The van der Waals surface area contributed by atoms with Gasteiger partial charge in [0.05, 0.1) is 12.8 Å². The molecule has 1 aromatic carbocycles. The fourth-order valence-electron chi connectivity index (χ4n) is 1.37. The second-order valence-corrected chi connectivity index (χ2v) is 2.83. The maximum absolute atomic E-state index is 5.54. The van der Waals surface area contributed by atoms with Gasteiger partial charge in [-0.1, -0.05) is 30.3 Å². The van der Waals surface area contributed by atoms with Crippen molar-refractivity contribution < 1.29 is 4.42 Å². The molecule has 0 unspecified atom stereocenters. The lowest BCUT2D eigenvalue weighted by molar-refractivity contribution is 0.513. The number of hydrogen-bond donors (Lipinski definition) is 1. The third kappa shape index (κ3) is 1.48. The van der Waals surface area contributed by atoms with Gasteiger partial charge in [0.2, 0.25) is 0 Å². The number of furan rings is 1. The Balaban J connectivity index is 2.47. The van der Waals surface area contributed by atoms with Crippen molar-refractivity contribution in [2.24, 2.45) is 5.73 Å². The van der Waals surface area contributed by atoms with Crippen LogP contribution in [0.25, 0.3) is 11.1 Å². The van der Waals surface area contributed by atoms with Crippen LogP contribution >= 0.6 is 0 Å². The summed E-state index contributed by atoms with van der Waals surface area (Å²) in [7, 11) is 0. The fraction of sp³-hybridized carbons (Fsp3) is 0.0909. The minimum absolute atomic E-state index is 0.442. The molecule has 0 spiro atoms. The summed E-state index contributed by atoms with van der Waals surface area (Å²) in [6.45, 7) is 0.442. The topological polar surface area (TPSA) is 39.2 Å². The molecular weight excluding hydrogens is 162 g/mol. The van der Waals surface area contributed by atoms with Crippen LogP contribution in [0.4, 0.5) is 0 Å². The highest BCUT2D eigenvalue weighted by Gasteiger charge is 2.05. The number of hydrogen-bond acceptors (Lipinski definition) is 2. The first-order valence-electron chi connectivity index (χ1n) is 4.23. The summed E-state index contributed by atoms with van der Waals surface area (Å²) in [5.41, 5.74) is 7.77. The lowest BCUT2D eigenvalue weighted by Crippen LogP contribution is -1.95. The maximum atomic E-state index is 5.54. The smallest absolute Gasteiger partial charge is 0.125 e. The molecule has 2 rings (SSSR count). The van der Waals surface area contributed by atoms with E-state index in [9.17, 15) is 0 Å². The van der Waals surface area contributed by atoms with Crippen LogP contribution in [0.1, 0.15) is 5.76 Å². The molecule has 2 heteroatoms. The molecule has 0 aliphatic carbocycles. The Morgan fingerprint density at radius 2 is 1.85 bits per heavy atom. The van der Waals surface area contributed by atoms with Crippen molar-refractivity contribution in [3.8, 4) is 11.1 Å². The third-order valence-electron chi connectivity index (χ3n) is 2.02. The Hall–Kier alpha value is -1.54. The Labute approximate surface area is 77.0 Å². The van der Waals surface area contributed by atoms with Gasteiger partial charge in [-0.15, -0.1) is 0 Å². The molecule has 1 heterocycles. The minimum atomic E-state index is 0.442. The summed E-state index contributed by atoms with van der Waals surface area (Å²) in [6.07, 6.45) is 1.67.